The minimum Gasteiger partial charge on any atom is -0.462 e. The highest BCUT2D eigenvalue weighted by molar-refractivity contribution is 7.18. The van der Waals surface area contributed by atoms with Gasteiger partial charge in [0.1, 0.15) is 4.88 Å². The summed E-state index contributed by atoms with van der Waals surface area (Å²) in [5.41, 5.74) is 3.59. The van der Waals surface area contributed by atoms with Gasteiger partial charge in [-0.3, -0.25) is 0 Å². The van der Waals surface area contributed by atoms with Crippen LogP contribution in [0.4, 0.5) is 10.7 Å². The van der Waals surface area contributed by atoms with Crippen molar-refractivity contribution in [2.75, 3.05) is 36.5 Å². The van der Waals surface area contributed by atoms with Crippen molar-refractivity contribution in [3.63, 3.8) is 0 Å². The van der Waals surface area contributed by atoms with Crippen molar-refractivity contribution < 1.29 is 9.53 Å². The lowest BCUT2D eigenvalue weighted by Crippen LogP contribution is -2.18. The van der Waals surface area contributed by atoms with Crippen LogP contribution in [0.2, 0.25) is 0 Å². The largest absolute Gasteiger partial charge is 0.462 e. The van der Waals surface area contributed by atoms with E-state index in [2.05, 4.69) is 34.5 Å². The van der Waals surface area contributed by atoms with Crippen molar-refractivity contribution in [2.24, 2.45) is 0 Å². The average molecular weight is 342 g/mol. The summed E-state index contributed by atoms with van der Waals surface area (Å²) >= 11 is 1.59. The van der Waals surface area contributed by atoms with Gasteiger partial charge in [-0.05, 0) is 25.3 Å². The molecule has 24 heavy (non-hydrogen) atoms. The molecule has 2 aliphatic rings. The molecular formula is C19H22N2O2S. The second-order valence-electron chi connectivity index (χ2n) is 6.28. The number of nitrogens with one attached hydrogen (secondary N) is 1. The number of nitrogens with zero attached hydrogens (tertiary/aromatic N) is 1. The Morgan fingerprint density at radius 2 is 2.04 bits per heavy atom. The molecule has 1 N–H and O–H groups in total. The van der Waals surface area contributed by atoms with E-state index in [1.54, 1.807) is 11.3 Å². The Morgan fingerprint density at radius 3 is 2.75 bits per heavy atom. The molecule has 1 aromatic heterocycles. The van der Waals surface area contributed by atoms with E-state index in [-0.39, 0.29) is 5.97 Å². The molecule has 0 aliphatic carbocycles. The molecule has 0 amide bonds. The molecule has 0 saturated carbocycles. The van der Waals surface area contributed by atoms with Crippen LogP contribution in [0.15, 0.2) is 30.3 Å². The van der Waals surface area contributed by atoms with Gasteiger partial charge in [0.2, 0.25) is 0 Å². The van der Waals surface area contributed by atoms with E-state index in [1.807, 2.05) is 13.0 Å². The number of thiophene rings is 1. The lowest BCUT2D eigenvalue weighted by atomic mass is 9.94. The second-order valence-corrected chi connectivity index (χ2v) is 7.28. The van der Waals surface area contributed by atoms with Crippen LogP contribution in [0.1, 0.15) is 46.5 Å². The molecule has 5 heteroatoms. The molecule has 4 rings (SSSR count). The maximum absolute atomic E-state index is 12.4. The van der Waals surface area contributed by atoms with E-state index in [1.165, 1.54) is 29.0 Å². The van der Waals surface area contributed by atoms with Crippen molar-refractivity contribution in [3.8, 4) is 0 Å². The van der Waals surface area contributed by atoms with Crippen LogP contribution < -0.4 is 10.2 Å². The Bertz CT molecular complexity index is 735. The standard InChI is InChI=1S/C19H22N2O2S/c1-2-23-19(22)17-16-15(18(24-17)21-10-6-7-11-21)14(12-20-16)13-8-4-3-5-9-13/h3-5,8-9,14,20H,2,6-7,10-12H2,1H3. The highest BCUT2D eigenvalue weighted by Gasteiger charge is 2.36. The topological polar surface area (TPSA) is 41.6 Å². The van der Waals surface area contributed by atoms with Gasteiger partial charge in [-0.2, -0.15) is 0 Å². The summed E-state index contributed by atoms with van der Waals surface area (Å²) in [6.07, 6.45) is 2.45. The van der Waals surface area contributed by atoms with Crippen LogP contribution in [-0.2, 0) is 4.74 Å². The summed E-state index contributed by atoms with van der Waals surface area (Å²) in [7, 11) is 0. The lowest BCUT2D eigenvalue weighted by molar-refractivity contribution is 0.0533. The third-order valence-corrected chi connectivity index (χ3v) is 6.06. The molecule has 1 atom stereocenters. The normalized spacial score (nSPS) is 19.2. The van der Waals surface area contributed by atoms with Gasteiger partial charge >= 0.3 is 5.97 Å². The fraction of sp³-hybridized carbons (Fsp3) is 0.421. The minimum atomic E-state index is -0.203. The van der Waals surface area contributed by atoms with Crippen LogP contribution in [0, 0.1) is 0 Å². The number of hydrogen-bond donors (Lipinski definition) is 1. The molecule has 3 heterocycles. The molecule has 0 radical (unpaired) electrons. The van der Waals surface area contributed by atoms with E-state index >= 15 is 0 Å². The van der Waals surface area contributed by atoms with Crippen molar-refractivity contribution >= 4 is 28.0 Å². The molecular weight excluding hydrogens is 320 g/mol. The van der Waals surface area contributed by atoms with Crippen LogP contribution >= 0.6 is 11.3 Å². The van der Waals surface area contributed by atoms with Crippen LogP contribution in [0.25, 0.3) is 0 Å². The second kappa shape index (κ2) is 6.48. The van der Waals surface area contributed by atoms with E-state index in [0.29, 0.717) is 12.5 Å². The summed E-state index contributed by atoms with van der Waals surface area (Å²) in [5.74, 6) is 0.0987. The molecule has 1 unspecified atom stereocenters. The van der Waals surface area contributed by atoms with Gasteiger partial charge in [0.05, 0.1) is 17.3 Å². The van der Waals surface area contributed by atoms with E-state index < -0.39 is 0 Å². The van der Waals surface area contributed by atoms with Crippen LogP contribution in [0.5, 0.6) is 0 Å². The summed E-state index contributed by atoms with van der Waals surface area (Å²) < 4.78 is 5.28. The first-order valence-electron chi connectivity index (χ1n) is 8.67. The Balaban J connectivity index is 1.79. The van der Waals surface area contributed by atoms with Gasteiger partial charge < -0.3 is 15.0 Å². The zero-order valence-corrected chi connectivity index (χ0v) is 14.7. The Morgan fingerprint density at radius 1 is 1.29 bits per heavy atom. The van der Waals surface area contributed by atoms with Gasteiger partial charge in [0, 0.05) is 31.1 Å². The quantitative estimate of drug-likeness (QED) is 0.850. The molecule has 1 fully saturated rings. The zero-order chi connectivity index (χ0) is 16.5. The van der Waals surface area contributed by atoms with Crippen molar-refractivity contribution in [1.29, 1.82) is 0 Å². The fourth-order valence-corrected chi connectivity index (χ4v) is 4.99. The number of carbonyl (C=O) groups is 1. The maximum atomic E-state index is 12.4. The molecule has 126 valence electrons. The van der Waals surface area contributed by atoms with E-state index in [9.17, 15) is 4.79 Å². The number of carbonyl (C=O) groups excluding carboxylic acids is 1. The summed E-state index contributed by atoms with van der Waals surface area (Å²) in [6, 6.07) is 10.6. The Labute approximate surface area is 146 Å². The van der Waals surface area contributed by atoms with Crippen LogP contribution in [-0.4, -0.2) is 32.2 Å². The first-order valence-corrected chi connectivity index (χ1v) is 9.48. The van der Waals surface area contributed by atoms with Crippen molar-refractivity contribution in [3.05, 3.63) is 46.3 Å². The van der Waals surface area contributed by atoms with E-state index in [4.69, 9.17) is 4.74 Å². The number of benzene rings is 1. The van der Waals surface area contributed by atoms with Gasteiger partial charge in [-0.25, -0.2) is 4.79 Å². The Kier molecular flexibility index (Phi) is 4.19. The number of ether oxygens (including phenoxy) is 1. The molecule has 1 aromatic carbocycles. The molecule has 2 aromatic rings. The van der Waals surface area contributed by atoms with Crippen LogP contribution in [0.3, 0.4) is 0 Å². The first kappa shape index (κ1) is 15.5. The molecule has 1 saturated heterocycles. The third kappa shape index (κ3) is 2.57. The predicted octanol–water partition coefficient (Wildman–Crippen LogP) is 4.08. The minimum absolute atomic E-state index is 0.203. The highest BCUT2D eigenvalue weighted by Crippen LogP contribution is 2.50. The number of anilines is 2. The SMILES string of the molecule is CCOC(=O)c1sc(N2CCCC2)c2c1NCC2c1ccccc1. The molecule has 4 nitrogen and oxygen atoms in total. The summed E-state index contributed by atoms with van der Waals surface area (Å²) in [4.78, 5) is 15.6. The Hall–Kier alpha value is -2.01. The molecule has 0 spiro atoms. The van der Waals surface area contributed by atoms with Gasteiger partial charge in [-0.15, -0.1) is 11.3 Å². The molecule has 2 aliphatic heterocycles. The highest BCUT2D eigenvalue weighted by atomic mass is 32.1. The smallest absolute Gasteiger partial charge is 0.350 e. The third-order valence-electron chi connectivity index (χ3n) is 4.81. The monoisotopic (exact) mass is 342 g/mol. The van der Waals surface area contributed by atoms with Crippen molar-refractivity contribution in [2.45, 2.75) is 25.7 Å². The van der Waals surface area contributed by atoms with Gasteiger partial charge in [0.15, 0.2) is 0 Å². The number of rotatable bonds is 4. The first-order chi connectivity index (χ1) is 11.8. The number of fused-ring (bicyclic) bond motifs is 1. The number of hydrogen-bond acceptors (Lipinski definition) is 5. The number of esters is 1. The van der Waals surface area contributed by atoms with Gasteiger partial charge in [0.25, 0.3) is 0 Å². The van der Waals surface area contributed by atoms with Crippen molar-refractivity contribution in [1.82, 2.24) is 0 Å². The summed E-state index contributed by atoms with van der Waals surface area (Å²) in [6.45, 7) is 5.27. The summed E-state index contributed by atoms with van der Waals surface area (Å²) in [5, 5.41) is 4.74. The molecule has 0 bridgehead atoms. The predicted molar refractivity (Wildman–Crippen MR) is 98.5 cm³/mol. The lowest BCUT2D eigenvalue weighted by Gasteiger charge is -2.20. The fourth-order valence-electron chi connectivity index (χ4n) is 3.70. The zero-order valence-electron chi connectivity index (χ0n) is 13.9. The average Bonchev–Trinajstić information content (AvgIpc) is 3.32. The van der Waals surface area contributed by atoms with Gasteiger partial charge in [-0.1, -0.05) is 30.3 Å². The van der Waals surface area contributed by atoms with E-state index in [0.717, 1.165) is 30.2 Å². The maximum Gasteiger partial charge on any atom is 0.350 e.